The number of hydrogen-bond acceptors (Lipinski definition) is 6. The zero-order chi connectivity index (χ0) is 15.6. The molecule has 0 aromatic carbocycles. The fourth-order valence-electron chi connectivity index (χ4n) is 0.957. The van der Waals surface area contributed by atoms with Crippen molar-refractivity contribution >= 4 is 0 Å². The monoisotopic (exact) mass is 382 g/mol. The van der Waals surface area contributed by atoms with Crippen molar-refractivity contribution in [1.29, 1.82) is 0 Å². The molecule has 0 heterocycles. The first kappa shape index (κ1) is 27.1. The maximum absolute atomic E-state index is 5.24. The zero-order valence-corrected chi connectivity index (χ0v) is 16.8. The normalized spacial score (nSPS) is 9.43. The van der Waals surface area contributed by atoms with Gasteiger partial charge in [-0.25, -0.2) is 0 Å². The fourth-order valence-corrected chi connectivity index (χ4v) is 3.95. The van der Waals surface area contributed by atoms with Crippen molar-refractivity contribution in [2.24, 2.45) is 0 Å². The van der Waals surface area contributed by atoms with Gasteiger partial charge in [-0.2, -0.15) is 0 Å². The molecule has 0 aliphatic rings. The van der Waals surface area contributed by atoms with Crippen molar-refractivity contribution < 1.29 is 58.0 Å². The van der Waals surface area contributed by atoms with Crippen LogP contribution in [0.1, 0.15) is 49.0 Å². The van der Waals surface area contributed by atoms with Crippen LogP contribution in [0.15, 0.2) is 0 Å². The summed E-state index contributed by atoms with van der Waals surface area (Å²) in [5.41, 5.74) is 0. The summed E-state index contributed by atoms with van der Waals surface area (Å²) in [7, 11) is 0. The van der Waals surface area contributed by atoms with E-state index < -0.39 is 38.1 Å². The molecule has 0 aromatic heterocycles. The molecule has 0 saturated heterocycles. The van der Waals surface area contributed by atoms with Gasteiger partial charge >= 0.3 is 139 Å². The van der Waals surface area contributed by atoms with Gasteiger partial charge in [-0.05, 0) is 0 Å². The third-order valence-corrected chi connectivity index (χ3v) is 6.49. The van der Waals surface area contributed by atoms with Crippen LogP contribution in [-0.2, 0) is 58.0 Å². The SMILES string of the molecule is C.CC[O][Ti]([O]CC)[O]CC.CC[O][Ti]([O]CC)[O]CC. The van der Waals surface area contributed by atoms with Gasteiger partial charge in [0, 0.05) is 0 Å². The van der Waals surface area contributed by atoms with Crippen LogP contribution in [0.2, 0.25) is 0 Å². The molecule has 21 heavy (non-hydrogen) atoms. The molecular formula is C13H34O6Ti2. The van der Waals surface area contributed by atoms with Crippen molar-refractivity contribution in [2.45, 2.75) is 49.0 Å². The number of rotatable bonds is 12. The summed E-state index contributed by atoms with van der Waals surface area (Å²) in [5.74, 6) is 0. The van der Waals surface area contributed by atoms with E-state index in [1.165, 1.54) is 0 Å². The average Bonchev–Trinajstić information content (AvgIpc) is 2.41. The van der Waals surface area contributed by atoms with E-state index in [0.29, 0.717) is 39.6 Å². The molecule has 0 amide bonds. The zero-order valence-electron chi connectivity index (χ0n) is 13.7. The van der Waals surface area contributed by atoms with Gasteiger partial charge in [0.25, 0.3) is 0 Å². The predicted molar refractivity (Wildman–Crippen MR) is 76.5 cm³/mol. The van der Waals surface area contributed by atoms with Crippen LogP contribution in [-0.4, -0.2) is 39.6 Å². The maximum atomic E-state index is 5.24. The van der Waals surface area contributed by atoms with E-state index in [9.17, 15) is 0 Å². The van der Waals surface area contributed by atoms with E-state index in [1.54, 1.807) is 0 Å². The molecular weight excluding hydrogens is 348 g/mol. The van der Waals surface area contributed by atoms with Crippen molar-refractivity contribution in [2.75, 3.05) is 39.6 Å². The van der Waals surface area contributed by atoms with Crippen molar-refractivity contribution in [3.8, 4) is 0 Å². The first-order valence-electron chi connectivity index (χ1n) is 7.20. The Balaban J connectivity index is -0.000000295. The Labute approximate surface area is 146 Å². The molecule has 6 nitrogen and oxygen atoms in total. The summed E-state index contributed by atoms with van der Waals surface area (Å²) in [6.45, 7) is 15.8. The first-order valence-corrected chi connectivity index (χ1v) is 11.0. The molecule has 0 atom stereocenters. The van der Waals surface area contributed by atoms with Crippen LogP contribution < -0.4 is 0 Å². The molecule has 130 valence electrons. The summed E-state index contributed by atoms with van der Waals surface area (Å²) in [4.78, 5) is 0. The standard InChI is InChI=1S/6C2H5O.CH4.2Ti/c6*1-2-3;;;/h6*2H2,1H3;1H4;;/q6*-1;;2*+3. The summed E-state index contributed by atoms with van der Waals surface area (Å²) >= 11 is -3.97. The van der Waals surface area contributed by atoms with Crippen LogP contribution in [0.25, 0.3) is 0 Å². The second-order valence-electron chi connectivity index (χ2n) is 3.10. The fraction of sp³-hybridized carbons (Fsp3) is 1.00. The van der Waals surface area contributed by atoms with Crippen LogP contribution in [0.5, 0.6) is 0 Å². The molecule has 0 radical (unpaired) electrons. The van der Waals surface area contributed by atoms with Gasteiger partial charge < -0.3 is 0 Å². The van der Waals surface area contributed by atoms with Gasteiger partial charge in [0.05, 0.1) is 0 Å². The molecule has 0 rings (SSSR count). The van der Waals surface area contributed by atoms with Crippen molar-refractivity contribution in [3.63, 3.8) is 0 Å². The summed E-state index contributed by atoms with van der Waals surface area (Å²) in [6.07, 6.45) is 0. The van der Waals surface area contributed by atoms with Crippen LogP contribution in [0, 0.1) is 0 Å². The van der Waals surface area contributed by atoms with Crippen molar-refractivity contribution in [3.05, 3.63) is 0 Å². The summed E-state index contributed by atoms with van der Waals surface area (Å²) < 4.78 is 31.5. The van der Waals surface area contributed by atoms with E-state index >= 15 is 0 Å². The molecule has 0 spiro atoms. The van der Waals surface area contributed by atoms with Crippen LogP contribution in [0.3, 0.4) is 0 Å². The summed E-state index contributed by atoms with van der Waals surface area (Å²) in [6, 6.07) is 0. The molecule has 0 N–H and O–H groups in total. The third-order valence-electron chi connectivity index (χ3n) is 1.57. The Kier molecular flexibility index (Phi) is 30.2. The van der Waals surface area contributed by atoms with E-state index in [0.717, 1.165) is 0 Å². The van der Waals surface area contributed by atoms with Gasteiger partial charge in [0.1, 0.15) is 0 Å². The number of hydrogen-bond donors (Lipinski definition) is 0. The third kappa shape index (κ3) is 21.2. The first-order chi connectivity index (χ1) is 9.69. The molecule has 0 bridgehead atoms. The van der Waals surface area contributed by atoms with Gasteiger partial charge in [-0.3, -0.25) is 0 Å². The Bertz CT molecular complexity index is 130. The Hall–Kier alpha value is 1.19. The second kappa shape index (κ2) is 23.5. The van der Waals surface area contributed by atoms with E-state index in [-0.39, 0.29) is 7.43 Å². The minimum atomic E-state index is -1.99. The van der Waals surface area contributed by atoms with Crippen LogP contribution in [0.4, 0.5) is 0 Å². The van der Waals surface area contributed by atoms with E-state index in [2.05, 4.69) is 0 Å². The van der Waals surface area contributed by atoms with E-state index in [4.69, 9.17) is 19.9 Å². The molecule has 0 aliphatic carbocycles. The summed E-state index contributed by atoms with van der Waals surface area (Å²) in [5, 5.41) is 0. The van der Waals surface area contributed by atoms with E-state index in [1.807, 2.05) is 41.5 Å². The van der Waals surface area contributed by atoms with Crippen LogP contribution >= 0.6 is 0 Å². The van der Waals surface area contributed by atoms with Gasteiger partial charge in [0.2, 0.25) is 0 Å². The topological polar surface area (TPSA) is 55.4 Å². The Morgan fingerprint density at radius 1 is 0.429 bits per heavy atom. The molecule has 0 unspecified atom stereocenters. The Morgan fingerprint density at radius 2 is 0.571 bits per heavy atom. The van der Waals surface area contributed by atoms with Gasteiger partial charge in [-0.15, -0.1) is 0 Å². The predicted octanol–water partition coefficient (Wildman–Crippen LogP) is 3.55. The minimum absolute atomic E-state index is 0. The molecule has 0 aromatic rings. The molecule has 0 saturated carbocycles. The molecule has 0 aliphatic heterocycles. The Morgan fingerprint density at radius 3 is 0.667 bits per heavy atom. The van der Waals surface area contributed by atoms with Crippen molar-refractivity contribution in [1.82, 2.24) is 0 Å². The quantitative estimate of drug-likeness (QED) is 0.482. The van der Waals surface area contributed by atoms with Gasteiger partial charge in [-0.1, -0.05) is 7.43 Å². The molecule has 0 fully saturated rings. The average molecular weight is 382 g/mol. The molecule has 8 heteroatoms. The van der Waals surface area contributed by atoms with Gasteiger partial charge in [0.15, 0.2) is 0 Å². The second-order valence-corrected chi connectivity index (χ2v) is 7.36.